The van der Waals surface area contributed by atoms with E-state index >= 15 is 0 Å². The number of aromatic nitrogens is 1. The molecule has 0 fully saturated rings. The van der Waals surface area contributed by atoms with Crippen LogP contribution in [-0.2, 0) is 11.3 Å². The van der Waals surface area contributed by atoms with Gasteiger partial charge in [-0.3, -0.25) is 10.3 Å². The molecule has 1 N–H and O–H groups in total. The van der Waals surface area contributed by atoms with E-state index in [1.54, 1.807) is 36.7 Å². The van der Waals surface area contributed by atoms with Gasteiger partial charge in [0.15, 0.2) is 0 Å². The molecule has 0 bridgehead atoms. The highest BCUT2D eigenvalue weighted by atomic mass is 19.1. The van der Waals surface area contributed by atoms with Crippen molar-refractivity contribution < 1.29 is 13.9 Å². The molecule has 0 aliphatic rings. The fourth-order valence-electron chi connectivity index (χ4n) is 1.34. The van der Waals surface area contributed by atoms with Crippen LogP contribution in [0.4, 0.5) is 14.9 Å². The average molecular weight is 246 g/mol. The molecule has 0 saturated heterocycles. The first-order valence-corrected chi connectivity index (χ1v) is 5.33. The van der Waals surface area contributed by atoms with E-state index in [-0.39, 0.29) is 12.3 Å². The first kappa shape index (κ1) is 12.0. The van der Waals surface area contributed by atoms with Crippen LogP contribution in [0.2, 0.25) is 0 Å². The lowest BCUT2D eigenvalue weighted by Crippen LogP contribution is -2.14. The van der Waals surface area contributed by atoms with Gasteiger partial charge in [0.1, 0.15) is 12.4 Å². The fourth-order valence-corrected chi connectivity index (χ4v) is 1.34. The van der Waals surface area contributed by atoms with Crippen LogP contribution in [0.15, 0.2) is 48.8 Å². The predicted molar refractivity (Wildman–Crippen MR) is 64.4 cm³/mol. The molecule has 1 aromatic carbocycles. The molecule has 5 heteroatoms. The molecule has 0 aliphatic heterocycles. The lowest BCUT2D eigenvalue weighted by molar-refractivity contribution is 0.155. The van der Waals surface area contributed by atoms with Crippen molar-refractivity contribution in [2.24, 2.45) is 0 Å². The van der Waals surface area contributed by atoms with Gasteiger partial charge in [-0.05, 0) is 29.8 Å². The third-order valence-electron chi connectivity index (χ3n) is 2.23. The number of para-hydroxylation sites is 1. The van der Waals surface area contributed by atoms with Crippen molar-refractivity contribution in [1.82, 2.24) is 4.98 Å². The Morgan fingerprint density at radius 1 is 1.22 bits per heavy atom. The zero-order valence-corrected chi connectivity index (χ0v) is 9.47. The smallest absolute Gasteiger partial charge is 0.412 e. The Kier molecular flexibility index (Phi) is 3.86. The van der Waals surface area contributed by atoms with Gasteiger partial charge in [0.05, 0.1) is 5.69 Å². The highest BCUT2D eigenvalue weighted by Gasteiger charge is 2.06. The van der Waals surface area contributed by atoms with Crippen LogP contribution in [0, 0.1) is 5.82 Å². The van der Waals surface area contributed by atoms with Gasteiger partial charge in [-0.15, -0.1) is 0 Å². The van der Waals surface area contributed by atoms with Gasteiger partial charge < -0.3 is 4.74 Å². The maximum absolute atomic E-state index is 13.2. The zero-order chi connectivity index (χ0) is 12.8. The lowest BCUT2D eigenvalue weighted by atomic mass is 10.3. The van der Waals surface area contributed by atoms with Crippen molar-refractivity contribution in [3.8, 4) is 0 Å². The standard InChI is InChI=1S/C13H11FN2O2/c14-11-3-1-2-4-12(11)16-13(17)18-9-10-5-7-15-8-6-10/h1-8H,9H2,(H,16,17). The Labute approximate surface area is 103 Å². The number of carbonyl (C=O) groups is 1. The van der Waals surface area contributed by atoms with Crippen LogP contribution >= 0.6 is 0 Å². The summed E-state index contributed by atoms with van der Waals surface area (Å²) in [6.45, 7) is 0.114. The van der Waals surface area contributed by atoms with Gasteiger partial charge in [-0.1, -0.05) is 12.1 Å². The lowest BCUT2D eigenvalue weighted by Gasteiger charge is -2.07. The molecular weight excluding hydrogens is 235 g/mol. The maximum atomic E-state index is 13.2. The molecule has 0 aliphatic carbocycles. The second kappa shape index (κ2) is 5.77. The number of hydrogen-bond donors (Lipinski definition) is 1. The Hall–Kier alpha value is -2.43. The molecule has 0 spiro atoms. The molecule has 18 heavy (non-hydrogen) atoms. The number of ether oxygens (including phenoxy) is 1. The number of nitrogens with zero attached hydrogens (tertiary/aromatic N) is 1. The van der Waals surface area contributed by atoms with E-state index in [2.05, 4.69) is 10.3 Å². The summed E-state index contributed by atoms with van der Waals surface area (Å²) in [5.74, 6) is -0.502. The summed E-state index contributed by atoms with van der Waals surface area (Å²) >= 11 is 0. The zero-order valence-electron chi connectivity index (χ0n) is 9.47. The molecule has 2 aromatic rings. The summed E-state index contributed by atoms with van der Waals surface area (Å²) in [6, 6.07) is 9.36. The number of carbonyl (C=O) groups excluding carboxylic acids is 1. The topological polar surface area (TPSA) is 51.2 Å². The number of rotatable bonds is 3. The van der Waals surface area contributed by atoms with Crippen LogP contribution in [0.3, 0.4) is 0 Å². The summed E-state index contributed by atoms with van der Waals surface area (Å²) in [5.41, 5.74) is 0.908. The van der Waals surface area contributed by atoms with Crippen LogP contribution in [-0.4, -0.2) is 11.1 Å². The minimum Gasteiger partial charge on any atom is -0.444 e. The Balaban J connectivity index is 1.88. The Morgan fingerprint density at radius 3 is 2.67 bits per heavy atom. The first-order valence-electron chi connectivity index (χ1n) is 5.33. The van der Waals surface area contributed by atoms with Crippen molar-refractivity contribution >= 4 is 11.8 Å². The maximum Gasteiger partial charge on any atom is 0.412 e. The van der Waals surface area contributed by atoms with Crippen molar-refractivity contribution in [2.75, 3.05) is 5.32 Å². The van der Waals surface area contributed by atoms with Gasteiger partial charge in [0.25, 0.3) is 0 Å². The van der Waals surface area contributed by atoms with E-state index in [1.807, 2.05) is 0 Å². The molecule has 0 atom stereocenters. The summed E-state index contributed by atoms with van der Waals surface area (Å²) in [4.78, 5) is 15.3. The molecule has 1 aromatic heterocycles. The SMILES string of the molecule is O=C(Nc1ccccc1F)OCc1ccncc1. The number of amides is 1. The van der Waals surface area contributed by atoms with Crippen molar-refractivity contribution in [1.29, 1.82) is 0 Å². The van der Waals surface area contributed by atoms with E-state index in [0.717, 1.165) is 5.56 Å². The molecular formula is C13H11FN2O2. The number of pyridine rings is 1. The van der Waals surface area contributed by atoms with Crippen LogP contribution in [0.25, 0.3) is 0 Å². The van der Waals surface area contributed by atoms with Gasteiger partial charge in [0.2, 0.25) is 0 Å². The van der Waals surface area contributed by atoms with Gasteiger partial charge in [0, 0.05) is 12.4 Å². The molecule has 0 radical (unpaired) electrons. The van der Waals surface area contributed by atoms with E-state index in [0.29, 0.717) is 0 Å². The minimum absolute atomic E-state index is 0.0947. The third kappa shape index (κ3) is 3.28. The molecule has 1 heterocycles. The monoisotopic (exact) mass is 246 g/mol. The molecule has 92 valence electrons. The van der Waals surface area contributed by atoms with E-state index in [4.69, 9.17) is 4.74 Å². The second-order valence-corrected chi connectivity index (χ2v) is 3.54. The summed E-state index contributed by atoms with van der Waals surface area (Å²) in [6.07, 6.45) is 2.51. The van der Waals surface area contributed by atoms with E-state index in [9.17, 15) is 9.18 Å². The summed E-state index contributed by atoms with van der Waals surface area (Å²) in [5, 5.41) is 2.33. The summed E-state index contributed by atoms with van der Waals surface area (Å²) < 4.78 is 18.2. The minimum atomic E-state index is -0.697. The highest BCUT2D eigenvalue weighted by molar-refractivity contribution is 5.84. The number of halogens is 1. The third-order valence-corrected chi connectivity index (χ3v) is 2.23. The first-order chi connectivity index (χ1) is 8.75. The normalized spacial score (nSPS) is 9.83. The number of nitrogens with one attached hydrogen (secondary N) is 1. The number of hydrogen-bond acceptors (Lipinski definition) is 3. The van der Waals surface area contributed by atoms with Gasteiger partial charge in [-0.25, -0.2) is 9.18 Å². The van der Waals surface area contributed by atoms with Crippen LogP contribution < -0.4 is 5.32 Å². The quantitative estimate of drug-likeness (QED) is 0.905. The van der Waals surface area contributed by atoms with Crippen LogP contribution in [0.5, 0.6) is 0 Å². The average Bonchev–Trinajstić information content (AvgIpc) is 2.40. The Bertz CT molecular complexity index is 532. The fraction of sp³-hybridized carbons (Fsp3) is 0.0769. The molecule has 4 nitrogen and oxygen atoms in total. The second-order valence-electron chi connectivity index (χ2n) is 3.54. The van der Waals surface area contributed by atoms with E-state index in [1.165, 1.54) is 12.1 Å². The number of anilines is 1. The van der Waals surface area contributed by atoms with Crippen molar-refractivity contribution in [3.63, 3.8) is 0 Å². The molecule has 1 amide bonds. The Morgan fingerprint density at radius 2 is 1.94 bits per heavy atom. The van der Waals surface area contributed by atoms with Gasteiger partial charge >= 0.3 is 6.09 Å². The summed E-state index contributed by atoms with van der Waals surface area (Å²) in [7, 11) is 0. The largest absolute Gasteiger partial charge is 0.444 e. The van der Waals surface area contributed by atoms with Crippen LogP contribution in [0.1, 0.15) is 5.56 Å². The molecule has 2 rings (SSSR count). The highest BCUT2D eigenvalue weighted by Crippen LogP contribution is 2.12. The van der Waals surface area contributed by atoms with Crippen molar-refractivity contribution in [2.45, 2.75) is 6.61 Å². The number of benzene rings is 1. The van der Waals surface area contributed by atoms with Crippen molar-refractivity contribution in [3.05, 3.63) is 60.2 Å². The van der Waals surface area contributed by atoms with E-state index < -0.39 is 11.9 Å². The van der Waals surface area contributed by atoms with Gasteiger partial charge in [-0.2, -0.15) is 0 Å². The predicted octanol–water partition coefficient (Wildman–Crippen LogP) is 2.97. The molecule has 0 unspecified atom stereocenters. The molecule has 0 saturated carbocycles.